The number of aromatic amines is 1. The molecule has 0 spiro atoms. The summed E-state index contributed by atoms with van der Waals surface area (Å²) in [6.45, 7) is 2.83. The van der Waals surface area contributed by atoms with Crippen LogP contribution in [0.5, 0.6) is 11.5 Å². The van der Waals surface area contributed by atoms with E-state index in [9.17, 15) is 4.79 Å². The van der Waals surface area contributed by atoms with Crippen LogP contribution in [0.3, 0.4) is 0 Å². The Morgan fingerprint density at radius 2 is 1.97 bits per heavy atom. The smallest absolute Gasteiger partial charge is 0.332 e. The molecule has 0 radical (unpaired) electrons. The van der Waals surface area contributed by atoms with Crippen LogP contribution in [0.4, 0.5) is 5.69 Å². The van der Waals surface area contributed by atoms with Gasteiger partial charge in [-0.05, 0) is 24.6 Å². The second kappa shape index (κ2) is 9.11. The SMILES string of the molecule is CNc1cc(OCCOC)cc(-n2c(=O)[nH]c3cnc(-c4ccc(C)c(OC)c4)nc32)c1. The number of ether oxygens (including phenoxy) is 3. The predicted molar refractivity (Wildman–Crippen MR) is 123 cm³/mol. The molecule has 4 aromatic rings. The highest BCUT2D eigenvalue weighted by atomic mass is 16.5. The number of methoxy groups -OCH3 is 2. The van der Waals surface area contributed by atoms with Gasteiger partial charge in [-0.2, -0.15) is 0 Å². The number of fused-ring (bicyclic) bond motifs is 1. The molecule has 0 aliphatic rings. The lowest BCUT2D eigenvalue weighted by Gasteiger charge is -2.12. The summed E-state index contributed by atoms with van der Waals surface area (Å²) in [4.78, 5) is 24.8. The van der Waals surface area contributed by atoms with E-state index in [0.29, 0.717) is 41.6 Å². The van der Waals surface area contributed by atoms with Gasteiger partial charge in [-0.1, -0.05) is 12.1 Å². The van der Waals surface area contributed by atoms with E-state index >= 15 is 0 Å². The normalized spacial score (nSPS) is 11.0. The van der Waals surface area contributed by atoms with Gasteiger partial charge in [0.05, 0.1) is 25.6 Å². The van der Waals surface area contributed by atoms with Gasteiger partial charge >= 0.3 is 5.69 Å². The second-order valence-corrected chi connectivity index (χ2v) is 7.19. The quantitative estimate of drug-likeness (QED) is 0.410. The molecule has 0 aliphatic carbocycles. The first-order valence-electron chi connectivity index (χ1n) is 10.1. The number of hydrogen-bond acceptors (Lipinski definition) is 7. The van der Waals surface area contributed by atoms with Crippen LogP contribution in [0.1, 0.15) is 5.56 Å². The van der Waals surface area contributed by atoms with Crippen molar-refractivity contribution in [1.82, 2.24) is 19.5 Å². The monoisotopic (exact) mass is 435 g/mol. The van der Waals surface area contributed by atoms with Crippen molar-refractivity contribution in [2.45, 2.75) is 6.92 Å². The summed E-state index contributed by atoms with van der Waals surface area (Å²) in [6.07, 6.45) is 1.61. The van der Waals surface area contributed by atoms with Crippen LogP contribution in [0.2, 0.25) is 0 Å². The number of aryl methyl sites for hydroxylation is 1. The van der Waals surface area contributed by atoms with Gasteiger partial charge in [0.25, 0.3) is 0 Å². The van der Waals surface area contributed by atoms with Crippen LogP contribution in [-0.2, 0) is 4.74 Å². The van der Waals surface area contributed by atoms with Crippen LogP contribution >= 0.6 is 0 Å². The third-order valence-corrected chi connectivity index (χ3v) is 5.09. The molecule has 9 nitrogen and oxygen atoms in total. The largest absolute Gasteiger partial charge is 0.496 e. The summed E-state index contributed by atoms with van der Waals surface area (Å²) in [6, 6.07) is 11.3. The summed E-state index contributed by atoms with van der Waals surface area (Å²) in [5.41, 5.74) is 3.91. The molecule has 2 aromatic heterocycles. The zero-order chi connectivity index (χ0) is 22.7. The van der Waals surface area contributed by atoms with Crippen LogP contribution in [0.15, 0.2) is 47.4 Å². The van der Waals surface area contributed by atoms with Gasteiger partial charge in [0.1, 0.15) is 23.6 Å². The van der Waals surface area contributed by atoms with E-state index in [-0.39, 0.29) is 5.69 Å². The Kier molecular flexibility index (Phi) is 6.09. The Morgan fingerprint density at radius 3 is 2.72 bits per heavy atom. The van der Waals surface area contributed by atoms with Crippen LogP contribution in [0, 0.1) is 6.92 Å². The average molecular weight is 435 g/mol. The van der Waals surface area contributed by atoms with Crippen molar-refractivity contribution in [3.63, 3.8) is 0 Å². The van der Waals surface area contributed by atoms with Gasteiger partial charge in [-0.25, -0.2) is 19.3 Å². The zero-order valence-corrected chi connectivity index (χ0v) is 18.4. The standard InChI is InChI=1S/C23H25N5O4/c1-14-5-6-15(9-20(14)31-4)21-25-13-19-22(27-21)28(23(29)26-19)17-10-16(24-2)11-18(12-17)32-8-7-30-3/h5-6,9-13,24H,7-8H2,1-4H3,(H,26,29). The van der Waals surface area contributed by atoms with Crippen molar-refractivity contribution < 1.29 is 14.2 Å². The maximum Gasteiger partial charge on any atom is 0.332 e. The molecule has 0 unspecified atom stereocenters. The minimum Gasteiger partial charge on any atom is -0.496 e. The highest BCUT2D eigenvalue weighted by Crippen LogP contribution is 2.27. The van der Waals surface area contributed by atoms with Crippen LogP contribution in [0.25, 0.3) is 28.2 Å². The highest BCUT2D eigenvalue weighted by Gasteiger charge is 2.15. The molecule has 0 aliphatic heterocycles. The molecule has 9 heteroatoms. The molecule has 0 amide bonds. The van der Waals surface area contributed by atoms with Crippen molar-refractivity contribution in [2.24, 2.45) is 0 Å². The Hall–Kier alpha value is -3.85. The van der Waals surface area contributed by atoms with Gasteiger partial charge in [0.2, 0.25) is 0 Å². The Balaban J connectivity index is 1.83. The summed E-state index contributed by atoms with van der Waals surface area (Å²) in [5, 5.41) is 3.10. The molecule has 2 aromatic carbocycles. The molecule has 0 saturated heterocycles. The molecular formula is C23H25N5O4. The van der Waals surface area contributed by atoms with Crippen LogP contribution < -0.4 is 20.5 Å². The van der Waals surface area contributed by atoms with Gasteiger partial charge in [0, 0.05) is 37.5 Å². The van der Waals surface area contributed by atoms with Crippen molar-refractivity contribution in [1.29, 1.82) is 0 Å². The molecule has 2 heterocycles. The first kappa shape index (κ1) is 21.4. The maximum atomic E-state index is 12.8. The first-order chi connectivity index (χ1) is 15.5. The summed E-state index contributed by atoms with van der Waals surface area (Å²) in [7, 11) is 5.05. The number of aromatic nitrogens is 4. The third-order valence-electron chi connectivity index (χ3n) is 5.09. The van der Waals surface area contributed by atoms with Gasteiger partial charge in [-0.3, -0.25) is 0 Å². The number of hydrogen-bond donors (Lipinski definition) is 2. The molecule has 0 saturated carbocycles. The van der Waals surface area contributed by atoms with Crippen molar-refractivity contribution in [2.75, 3.05) is 39.8 Å². The molecule has 4 rings (SSSR count). The number of imidazole rings is 1. The lowest BCUT2D eigenvalue weighted by atomic mass is 10.1. The van der Waals surface area contributed by atoms with Crippen LogP contribution in [-0.4, -0.2) is 54.0 Å². The van der Waals surface area contributed by atoms with Gasteiger partial charge < -0.3 is 24.5 Å². The number of rotatable bonds is 8. The van der Waals surface area contributed by atoms with Gasteiger partial charge in [0.15, 0.2) is 11.5 Å². The summed E-state index contributed by atoms with van der Waals surface area (Å²) < 4.78 is 17.8. The van der Waals surface area contributed by atoms with E-state index in [4.69, 9.17) is 19.2 Å². The molecule has 32 heavy (non-hydrogen) atoms. The number of nitrogens with zero attached hydrogens (tertiary/aromatic N) is 3. The fourth-order valence-electron chi connectivity index (χ4n) is 3.42. The fourth-order valence-corrected chi connectivity index (χ4v) is 3.42. The minimum absolute atomic E-state index is 0.316. The molecule has 2 N–H and O–H groups in total. The molecular weight excluding hydrogens is 410 g/mol. The molecule has 0 bridgehead atoms. The Bertz CT molecular complexity index is 1310. The third kappa shape index (κ3) is 4.15. The first-order valence-corrected chi connectivity index (χ1v) is 10.1. The van der Waals surface area contributed by atoms with E-state index < -0.39 is 0 Å². The molecule has 0 fully saturated rings. The van der Waals surface area contributed by atoms with E-state index in [2.05, 4.69) is 15.3 Å². The predicted octanol–water partition coefficient (Wildman–Crippen LogP) is 3.16. The summed E-state index contributed by atoms with van der Waals surface area (Å²) in [5.74, 6) is 1.85. The Labute approximate surface area is 185 Å². The lowest BCUT2D eigenvalue weighted by molar-refractivity contribution is 0.146. The van der Waals surface area contributed by atoms with Crippen molar-refractivity contribution >= 4 is 16.9 Å². The van der Waals surface area contributed by atoms with Crippen molar-refractivity contribution in [3.8, 4) is 28.6 Å². The highest BCUT2D eigenvalue weighted by molar-refractivity contribution is 5.75. The van der Waals surface area contributed by atoms with E-state index in [0.717, 1.165) is 22.6 Å². The minimum atomic E-state index is -0.316. The van der Waals surface area contributed by atoms with E-state index in [1.807, 2.05) is 37.3 Å². The molecule has 0 atom stereocenters. The summed E-state index contributed by atoms with van der Waals surface area (Å²) >= 11 is 0. The zero-order valence-electron chi connectivity index (χ0n) is 18.4. The Morgan fingerprint density at radius 1 is 1.12 bits per heavy atom. The second-order valence-electron chi connectivity index (χ2n) is 7.19. The number of benzene rings is 2. The lowest BCUT2D eigenvalue weighted by Crippen LogP contribution is -2.15. The van der Waals surface area contributed by atoms with E-state index in [1.54, 1.807) is 33.5 Å². The van der Waals surface area contributed by atoms with E-state index in [1.165, 1.54) is 4.57 Å². The number of H-pyrrole nitrogens is 1. The molecule has 166 valence electrons. The van der Waals surface area contributed by atoms with Crippen molar-refractivity contribution in [3.05, 3.63) is 58.6 Å². The number of nitrogens with one attached hydrogen (secondary N) is 2. The van der Waals surface area contributed by atoms with Gasteiger partial charge in [-0.15, -0.1) is 0 Å². The number of anilines is 1. The maximum absolute atomic E-state index is 12.8. The average Bonchev–Trinajstić information content (AvgIpc) is 3.14. The fraction of sp³-hybridized carbons (Fsp3) is 0.261. The topological polar surface area (TPSA) is 103 Å².